The molecular formula is C12H14ClNO4S. The molecule has 0 amide bonds. The first-order chi connectivity index (χ1) is 8.93. The van der Waals surface area contributed by atoms with Gasteiger partial charge in [-0.05, 0) is 30.2 Å². The van der Waals surface area contributed by atoms with Crippen molar-refractivity contribution >= 4 is 27.8 Å². The molecule has 0 fully saturated rings. The molecule has 1 aliphatic rings. The monoisotopic (exact) mass is 303 g/mol. The molecule has 1 heterocycles. The molecule has 0 aliphatic carbocycles. The molecule has 0 aromatic heterocycles. The van der Waals surface area contributed by atoms with E-state index in [1.54, 1.807) is 18.3 Å². The lowest BCUT2D eigenvalue weighted by Gasteiger charge is -2.29. The maximum Gasteiger partial charge on any atom is 0.294 e. The fraction of sp³-hybridized carbons (Fsp3) is 0.333. The van der Waals surface area contributed by atoms with E-state index in [4.69, 9.17) is 21.0 Å². The number of fused-ring (bicyclic) bond motifs is 1. The maximum absolute atomic E-state index is 11.1. The average Bonchev–Trinajstić information content (AvgIpc) is 2.37. The summed E-state index contributed by atoms with van der Waals surface area (Å²) in [6.45, 7) is 2.49. The number of hydrogen-bond acceptors (Lipinski definition) is 4. The van der Waals surface area contributed by atoms with E-state index in [9.17, 15) is 8.42 Å². The van der Waals surface area contributed by atoms with E-state index in [0.717, 1.165) is 12.0 Å². The van der Waals surface area contributed by atoms with Gasteiger partial charge in [0.15, 0.2) is 5.50 Å². The molecule has 7 heteroatoms. The summed E-state index contributed by atoms with van der Waals surface area (Å²) in [5, 5.41) is 1.46. The van der Waals surface area contributed by atoms with Gasteiger partial charge in [0.25, 0.3) is 10.1 Å². The highest BCUT2D eigenvalue weighted by Crippen LogP contribution is 2.34. The predicted molar refractivity (Wildman–Crippen MR) is 72.0 cm³/mol. The SMILES string of the molecule is CCCON1C=Cc2ccc(S(=O)(=O)O)cc2C1Cl. The van der Waals surface area contributed by atoms with Crippen molar-refractivity contribution in [2.45, 2.75) is 23.7 Å². The first-order valence-corrected chi connectivity index (χ1v) is 7.66. The number of rotatable bonds is 4. The van der Waals surface area contributed by atoms with Gasteiger partial charge in [0.05, 0.1) is 11.5 Å². The lowest BCUT2D eigenvalue weighted by atomic mass is 10.1. The van der Waals surface area contributed by atoms with Crippen molar-refractivity contribution in [2.24, 2.45) is 0 Å². The van der Waals surface area contributed by atoms with Gasteiger partial charge in [0, 0.05) is 11.8 Å². The van der Waals surface area contributed by atoms with E-state index in [2.05, 4.69) is 0 Å². The molecule has 2 rings (SSSR count). The Morgan fingerprint density at radius 3 is 2.84 bits per heavy atom. The van der Waals surface area contributed by atoms with Crippen LogP contribution in [0.3, 0.4) is 0 Å². The zero-order valence-electron chi connectivity index (χ0n) is 10.3. The first kappa shape index (κ1) is 14.3. The molecule has 1 aromatic carbocycles. The van der Waals surface area contributed by atoms with E-state index < -0.39 is 15.6 Å². The average molecular weight is 304 g/mol. The van der Waals surface area contributed by atoms with Crippen LogP contribution in [0.5, 0.6) is 0 Å². The van der Waals surface area contributed by atoms with Crippen LogP contribution in [0.15, 0.2) is 29.3 Å². The third-order valence-electron chi connectivity index (χ3n) is 2.68. The Morgan fingerprint density at radius 1 is 1.47 bits per heavy atom. The van der Waals surface area contributed by atoms with Gasteiger partial charge >= 0.3 is 0 Å². The van der Waals surface area contributed by atoms with Gasteiger partial charge in [-0.3, -0.25) is 9.39 Å². The second-order valence-corrected chi connectivity index (χ2v) is 5.95. The van der Waals surface area contributed by atoms with Crippen LogP contribution < -0.4 is 0 Å². The van der Waals surface area contributed by atoms with Crippen molar-refractivity contribution in [3.63, 3.8) is 0 Å². The quantitative estimate of drug-likeness (QED) is 0.526. The Labute approximate surface area is 117 Å². The fourth-order valence-corrected chi connectivity index (χ4v) is 2.57. The molecular weight excluding hydrogens is 290 g/mol. The standard InChI is InChI=1S/C12H14ClNO4S/c1-2-7-18-14-6-5-9-3-4-10(19(15,16)17)8-11(9)12(14)13/h3-6,8,12H,2,7H2,1H3,(H,15,16,17). The number of halogens is 1. The van der Waals surface area contributed by atoms with Gasteiger partial charge in [-0.2, -0.15) is 8.42 Å². The number of hydrogen-bond donors (Lipinski definition) is 1. The second kappa shape index (κ2) is 5.50. The van der Waals surface area contributed by atoms with Crippen LogP contribution in [-0.2, 0) is 15.0 Å². The minimum absolute atomic E-state index is 0.178. The number of nitrogens with zero attached hydrogens (tertiary/aromatic N) is 1. The summed E-state index contributed by atoms with van der Waals surface area (Å²) in [7, 11) is -4.24. The van der Waals surface area contributed by atoms with Gasteiger partial charge in [-0.25, -0.2) is 5.06 Å². The van der Waals surface area contributed by atoms with Crippen LogP contribution in [-0.4, -0.2) is 24.6 Å². The van der Waals surface area contributed by atoms with E-state index >= 15 is 0 Å². The molecule has 0 bridgehead atoms. The van der Waals surface area contributed by atoms with E-state index in [1.807, 2.05) is 6.92 Å². The third-order valence-corrected chi connectivity index (χ3v) is 3.96. The molecule has 1 N–H and O–H groups in total. The zero-order valence-corrected chi connectivity index (χ0v) is 11.9. The van der Waals surface area contributed by atoms with E-state index in [-0.39, 0.29) is 4.90 Å². The third kappa shape index (κ3) is 3.09. The summed E-state index contributed by atoms with van der Waals surface area (Å²) in [6.07, 6.45) is 4.31. The van der Waals surface area contributed by atoms with Crippen LogP contribution >= 0.6 is 11.6 Å². The molecule has 1 aromatic rings. The van der Waals surface area contributed by atoms with Gasteiger partial charge in [-0.1, -0.05) is 24.6 Å². The van der Waals surface area contributed by atoms with Gasteiger partial charge < -0.3 is 0 Å². The van der Waals surface area contributed by atoms with Gasteiger partial charge in [0.1, 0.15) is 0 Å². The minimum Gasteiger partial charge on any atom is -0.282 e. The Bertz CT molecular complexity index is 600. The summed E-state index contributed by atoms with van der Waals surface area (Å²) in [5.74, 6) is 0. The minimum atomic E-state index is -4.24. The molecule has 0 radical (unpaired) electrons. The van der Waals surface area contributed by atoms with Crippen LogP contribution in [0.25, 0.3) is 6.08 Å². The van der Waals surface area contributed by atoms with Gasteiger partial charge in [-0.15, -0.1) is 0 Å². The molecule has 1 atom stereocenters. The fourth-order valence-electron chi connectivity index (χ4n) is 1.74. The molecule has 0 saturated heterocycles. The molecule has 5 nitrogen and oxygen atoms in total. The smallest absolute Gasteiger partial charge is 0.282 e. The molecule has 19 heavy (non-hydrogen) atoms. The Hall–Kier alpha value is -1.08. The number of alkyl halides is 1. The van der Waals surface area contributed by atoms with E-state index in [0.29, 0.717) is 12.2 Å². The zero-order chi connectivity index (χ0) is 14.0. The summed E-state index contributed by atoms with van der Waals surface area (Å²) in [5.41, 5.74) is 0.743. The largest absolute Gasteiger partial charge is 0.294 e. The number of benzene rings is 1. The first-order valence-electron chi connectivity index (χ1n) is 5.78. The predicted octanol–water partition coefficient (Wildman–Crippen LogP) is 2.80. The second-order valence-electron chi connectivity index (χ2n) is 4.11. The van der Waals surface area contributed by atoms with Crippen molar-refractivity contribution < 1.29 is 17.8 Å². The topological polar surface area (TPSA) is 66.8 Å². The maximum atomic E-state index is 11.1. The van der Waals surface area contributed by atoms with Crippen LogP contribution in [0.2, 0.25) is 0 Å². The Balaban J connectivity index is 2.35. The van der Waals surface area contributed by atoms with Crippen LogP contribution in [0.1, 0.15) is 30.0 Å². The van der Waals surface area contributed by atoms with E-state index in [1.165, 1.54) is 17.2 Å². The normalized spacial score (nSPS) is 18.5. The van der Waals surface area contributed by atoms with Crippen LogP contribution in [0.4, 0.5) is 0 Å². The molecule has 104 valence electrons. The van der Waals surface area contributed by atoms with Crippen LogP contribution in [0, 0.1) is 0 Å². The molecule has 1 unspecified atom stereocenters. The summed E-state index contributed by atoms with van der Waals surface area (Å²) < 4.78 is 31.3. The van der Waals surface area contributed by atoms with Crippen molar-refractivity contribution in [3.8, 4) is 0 Å². The Morgan fingerprint density at radius 2 is 2.21 bits per heavy atom. The highest BCUT2D eigenvalue weighted by atomic mass is 35.5. The highest BCUT2D eigenvalue weighted by Gasteiger charge is 2.24. The molecule has 0 spiro atoms. The summed E-state index contributed by atoms with van der Waals surface area (Å²) >= 11 is 6.24. The summed E-state index contributed by atoms with van der Waals surface area (Å²) in [6, 6.07) is 4.29. The lowest BCUT2D eigenvalue weighted by Crippen LogP contribution is -2.24. The lowest BCUT2D eigenvalue weighted by molar-refractivity contribution is -0.132. The summed E-state index contributed by atoms with van der Waals surface area (Å²) in [4.78, 5) is 5.25. The van der Waals surface area contributed by atoms with Crippen molar-refractivity contribution in [1.29, 1.82) is 0 Å². The Kier molecular flexibility index (Phi) is 4.15. The van der Waals surface area contributed by atoms with Gasteiger partial charge in [0.2, 0.25) is 0 Å². The molecule has 1 aliphatic heterocycles. The number of hydroxylamine groups is 2. The van der Waals surface area contributed by atoms with Crippen molar-refractivity contribution in [2.75, 3.05) is 6.61 Å². The molecule has 0 saturated carbocycles. The van der Waals surface area contributed by atoms with Crippen molar-refractivity contribution in [1.82, 2.24) is 5.06 Å². The highest BCUT2D eigenvalue weighted by molar-refractivity contribution is 7.85. The van der Waals surface area contributed by atoms with Crippen molar-refractivity contribution in [3.05, 3.63) is 35.5 Å².